The van der Waals surface area contributed by atoms with Crippen molar-refractivity contribution in [3.05, 3.63) is 40.0 Å². The minimum Gasteiger partial charge on any atom is -0.443 e. The van der Waals surface area contributed by atoms with E-state index in [0.717, 1.165) is 0 Å². The van der Waals surface area contributed by atoms with E-state index in [4.69, 9.17) is 9.47 Å². The SMILES string of the molecule is CC(C)(C)OC(=O)n1ccnc1SC[C@H]1CN(c2ccc(I)c(F)c2)C(=O)O1. The number of carbonyl (C=O) groups is 2. The van der Waals surface area contributed by atoms with Crippen LogP contribution in [0.15, 0.2) is 35.7 Å². The standard InChI is InChI=1S/C18H19FIN3O4S/c1-18(2,3)27-17(25)22-7-6-21-15(22)28-10-12-9-23(16(24)26-12)11-4-5-14(20)13(19)8-11/h4-8,12H,9-10H2,1-3H3/t12-/m1/s1. The van der Waals surface area contributed by atoms with Crippen LogP contribution in [0.1, 0.15) is 20.8 Å². The van der Waals surface area contributed by atoms with Crippen molar-refractivity contribution in [1.29, 1.82) is 0 Å². The van der Waals surface area contributed by atoms with E-state index >= 15 is 0 Å². The van der Waals surface area contributed by atoms with Crippen LogP contribution in [0.5, 0.6) is 0 Å². The second-order valence-electron chi connectivity index (χ2n) is 7.09. The van der Waals surface area contributed by atoms with Crippen LogP contribution in [0.25, 0.3) is 0 Å². The largest absolute Gasteiger partial charge is 0.443 e. The summed E-state index contributed by atoms with van der Waals surface area (Å²) >= 11 is 3.17. The Hall–Kier alpha value is -1.82. The summed E-state index contributed by atoms with van der Waals surface area (Å²) in [5.41, 5.74) is -0.168. The number of benzene rings is 1. The summed E-state index contributed by atoms with van der Waals surface area (Å²) in [6, 6.07) is 4.60. The smallest absolute Gasteiger partial charge is 0.420 e. The molecule has 0 N–H and O–H groups in total. The number of nitrogens with zero attached hydrogens (tertiary/aromatic N) is 3. The lowest BCUT2D eigenvalue weighted by molar-refractivity contribution is 0.0521. The van der Waals surface area contributed by atoms with Gasteiger partial charge in [-0.1, -0.05) is 11.8 Å². The summed E-state index contributed by atoms with van der Waals surface area (Å²) in [7, 11) is 0. The van der Waals surface area contributed by atoms with Gasteiger partial charge in [0.25, 0.3) is 0 Å². The first-order valence-electron chi connectivity index (χ1n) is 8.47. The van der Waals surface area contributed by atoms with Gasteiger partial charge in [0.15, 0.2) is 5.16 Å². The second-order valence-corrected chi connectivity index (χ2v) is 9.24. The molecule has 2 heterocycles. The predicted octanol–water partition coefficient (Wildman–Crippen LogP) is 4.53. The number of thioether (sulfide) groups is 1. The molecule has 10 heteroatoms. The lowest BCUT2D eigenvalue weighted by atomic mass is 10.2. The molecular formula is C18H19FIN3O4S. The molecule has 0 saturated carbocycles. The molecule has 1 atom stereocenters. The lowest BCUT2D eigenvalue weighted by Crippen LogP contribution is -2.27. The normalized spacial score (nSPS) is 17.0. The zero-order valence-corrected chi connectivity index (χ0v) is 18.5. The molecule has 28 heavy (non-hydrogen) atoms. The zero-order chi connectivity index (χ0) is 20.5. The van der Waals surface area contributed by atoms with Crippen LogP contribution < -0.4 is 4.90 Å². The van der Waals surface area contributed by atoms with Crippen LogP contribution in [0.3, 0.4) is 0 Å². The number of ether oxygens (including phenoxy) is 2. The molecule has 1 aliphatic heterocycles. The summed E-state index contributed by atoms with van der Waals surface area (Å²) in [6.07, 6.45) is 1.57. The van der Waals surface area contributed by atoms with Crippen molar-refractivity contribution in [2.75, 3.05) is 17.2 Å². The number of cyclic esters (lactones) is 1. The zero-order valence-electron chi connectivity index (χ0n) is 15.5. The number of imidazole rings is 1. The van der Waals surface area contributed by atoms with Crippen molar-refractivity contribution < 1.29 is 23.5 Å². The highest BCUT2D eigenvalue weighted by molar-refractivity contribution is 14.1. The van der Waals surface area contributed by atoms with Crippen LogP contribution >= 0.6 is 34.4 Å². The Kier molecular flexibility index (Phi) is 6.18. The molecule has 0 aliphatic carbocycles. The number of hydrogen-bond donors (Lipinski definition) is 0. The summed E-state index contributed by atoms with van der Waals surface area (Å²) in [6.45, 7) is 5.65. The number of rotatable bonds is 4. The predicted molar refractivity (Wildman–Crippen MR) is 111 cm³/mol. The van der Waals surface area contributed by atoms with Gasteiger partial charge < -0.3 is 9.47 Å². The Morgan fingerprint density at radius 2 is 2.21 bits per heavy atom. The molecule has 1 aromatic heterocycles. The highest BCUT2D eigenvalue weighted by Gasteiger charge is 2.33. The van der Waals surface area contributed by atoms with Crippen LogP contribution in [0.2, 0.25) is 0 Å². The minimum absolute atomic E-state index is 0.291. The number of hydrogen-bond acceptors (Lipinski definition) is 6. The fourth-order valence-electron chi connectivity index (χ4n) is 2.49. The van der Waals surface area contributed by atoms with Gasteiger partial charge in [-0.3, -0.25) is 4.90 Å². The Bertz CT molecular complexity index is 899. The maximum atomic E-state index is 13.8. The molecular weight excluding hydrogens is 500 g/mol. The highest BCUT2D eigenvalue weighted by atomic mass is 127. The molecule has 2 aromatic rings. The summed E-state index contributed by atoms with van der Waals surface area (Å²) < 4.78 is 26.3. The number of aromatic nitrogens is 2. The van der Waals surface area contributed by atoms with E-state index in [0.29, 0.717) is 26.7 Å². The van der Waals surface area contributed by atoms with Crippen molar-refractivity contribution >= 4 is 52.2 Å². The molecule has 1 saturated heterocycles. The van der Waals surface area contributed by atoms with Gasteiger partial charge in [-0.15, -0.1) is 0 Å². The minimum atomic E-state index is -0.618. The average Bonchev–Trinajstić information content (AvgIpc) is 3.20. The van der Waals surface area contributed by atoms with Crippen LogP contribution in [-0.2, 0) is 9.47 Å². The quantitative estimate of drug-likeness (QED) is 0.437. The molecule has 0 unspecified atom stereocenters. The van der Waals surface area contributed by atoms with Crippen LogP contribution in [0, 0.1) is 9.39 Å². The van der Waals surface area contributed by atoms with Gasteiger partial charge in [0.05, 0.1) is 12.2 Å². The Balaban J connectivity index is 1.62. The summed E-state index contributed by atoms with van der Waals surface area (Å²) in [5.74, 6) is 0.0117. The molecule has 7 nitrogen and oxygen atoms in total. The number of anilines is 1. The fourth-order valence-corrected chi connectivity index (χ4v) is 3.74. The molecule has 0 bridgehead atoms. The number of amides is 1. The molecule has 3 rings (SSSR count). The van der Waals surface area contributed by atoms with Crippen molar-refractivity contribution in [2.45, 2.75) is 37.6 Å². The Morgan fingerprint density at radius 1 is 1.46 bits per heavy atom. The Labute approximate surface area is 179 Å². The molecule has 0 radical (unpaired) electrons. The van der Waals surface area contributed by atoms with Gasteiger partial charge in [0.1, 0.15) is 17.5 Å². The van der Waals surface area contributed by atoms with E-state index in [1.807, 2.05) is 22.6 Å². The monoisotopic (exact) mass is 519 g/mol. The average molecular weight is 519 g/mol. The van der Waals surface area contributed by atoms with E-state index in [1.54, 1.807) is 32.9 Å². The van der Waals surface area contributed by atoms with Crippen LogP contribution in [0.4, 0.5) is 19.7 Å². The van der Waals surface area contributed by atoms with Gasteiger partial charge in [0.2, 0.25) is 0 Å². The van der Waals surface area contributed by atoms with Crippen molar-refractivity contribution in [2.24, 2.45) is 0 Å². The van der Waals surface area contributed by atoms with E-state index < -0.39 is 23.9 Å². The van der Waals surface area contributed by atoms with E-state index in [1.165, 1.54) is 39.7 Å². The third-order valence-electron chi connectivity index (χ3n) is 3.68. The molecule has 1 amide bonds. The van der Waals surface area contributed by atoms with Gasteiger partial charge in [-0.25, -0.2) is 23.5 Å². The summed E-state index contributed by atoms with van der Waals surface area (Å²) in [4.78, 5) is 30.0. The van der Waals surface area contributed by atoms with Crippen molar-refractivity contribution in [1.82, 2.24) is 9.55 Å². The molecule has 1 fully saturated rings. The van der Waals surface area contributed by atoms with Crippen LogP contribution in [-0.4, -0.2) is 45.7 Å². The van der Waals surface area contributed by atoms with Gasteiger partial charge >= 0.3 is 12.2 Å². The van der Waals surface area contributed by atoms with Crippen molar-refractivity contribution in [3.8, 4) is 0 Å². The number of halogens is 2. The Morgan fingerprint density at radius 3 is 2.89 bits per heavy atom. The van der Waals surface area contributed by atoms with E-state index in [9.17, 15) is 14.0 Å². The van der Waals surface area contributed by atoms with E-state index in [2.05, 4.69) is 4.98 Å². The third-order valence-corrected chi connectivity index (χ3v) is 5.66. The molecule has 150 valence electrons. The fraction of sp³-hybridized carbons (Fsp3) is 0.389. The van der Waals surface area contributed by atoms with Gasteiger partial charge in [-0.2, -0.15) is 0 Å². The molecule has 1 aliphatic rings. The third kappa shape index (κ3) is 4.96. The summed E-state index contributed by atoms with van der Waals surface area (Å²) in [5, 5.41) is 0.448. The topological polar surface area (TPSA) is 73.7 Å². The first kappa shape index (κ1) is 20.9. The first-order chi connectivity index (χ1) is 13.1. The molecule has 0 spiro atoms. The lowest BCUT2D eigenvalue weighted by Gasteiger charge is -2.20. The highest BCUT2D eigenvalue weighted by Crippen LogP contribution is 2.27. The van der Waals surface area contributed by atoms with Gasteiger partial charge in [0, 0.05) is 21.7 Å². The first-order valence-corrected chi connectivity index (χ1v) is 10.5. The maximum Gasteiger partial charge on any atom is 0.420 e. The van der Waals surface area contributed by atoms with Gasteiger partial charge in [-0.05, 0) is 61.6 Å². The van der Waals surface area contributed by atoms with E-state index in [-0.39, 0.29) is 5.82 Å². The van der Waals surface area contributed by atoms with Crippen molar-refractivity contribution in [3.63, 3.8) is 0 Å². The maximum absolute atomic E-state index is 13.8. The second kappa shape index (κ2) is 8.27. The number of carbonyl (C=O) groups excluding carboxylic acids is 2. The molecule has 1 aromatic carbocycles.